The Hall–Kier alpha value is -4.20. The van der Waals surface area contributed by atoms with Crippen molar-refractivity contribution in [2.45, 2.75) is 95.6 Å². The Morgan fingerprint density at radius 1 is 0.886 bits per heavy atom. The van der Waals surface area contributed by atoms with Crippen molar-refractivity contribution in [3.63, 3.8) is 0 Å². The van der Waals surface area contributed by atoms with E-state index in [9.17, 15) is 19.2 Å². The van der Waals surface area contributed by atoms with Crippen LogP contribution in [0.1, 0.15) is 45.7 Å². The molecule has 2 aromatic carbocycles. The molecule has 234 valence electrons. The van der Waals surface area contributed by atoms with Crippen LogP contribution in [0.25, 0.3) is 0 Å². The van der Waals surface area contributed by atoms with E-state index in [2.05, 4.69) is 5.32 Å². The molecular weight excluding hydrogens is 572 g/mol. The maximum atomic E-state index is 13.8. The van der Waals surface area contributed by atoms with Crippen LogP contribution in [0.15, 0.2) is 60.7 Å². The number of rotatable bonds is 5. The molecule has 5 heterocycles. The van der Waals surface area contributed by atoms with Gasteiger partial charge in [0.2, 0.25) is 12.1 Å². The number of hydrazine groups is 1. The Morgan fingerprint density at radius 2 is 1.50 bits per heavy atom. The van der Waals surface area contributed by atoms with Gasteiger partial charge < -0.3 is 24.3 Å². The van der Waals surface area contributed by atoms with Gasteiger partial charge in [0.25, 0.3) is 5.91 Å². The van der Waals surface area contributed by atoms with E-state index in [1.54, 1.807) is 46.8 Å². The summed E-state index contributed by atoms with van der Waals surface area (Å²) in [6, 6.07) is 15.1. The predicted molar refractivity (Wildman–Crippen MR) is 152 cm³/mol. The molecule has 1 N–H and O–H groups in total. The molecule has 0 radical (unpaired) electrons. The van der Waals surface area contributed by atoms with Crippen LogP contribution in [0.4, 0.5) is 9.59 Å². The molecule has 0 aromatic heterocycles. The summed E-state index contributed by atoms with van der Waals surface area (Å²) in [7, 11) is 0. The predicted octanol–water partition coefficient (Wildman–Crippen LogP) is 2.89. The summed E-state index contributed by atoms with van der Waals surface area (Å²) in [6.45, 7) is 8.44. The minimum absolute atomic E-state index is 0.0262. The second kappa shape index (κ2) is 11.1. The van der Waals surface area contributed by atoms with Crippen molar-refractivity contribution in [2.24, 2.45) is 0 Å². The molecule has 5 saturated heterocycles. The molecule has 5 aliphatic heterocycles. The second-order valence-corrected chi connectivity index (χ2v) is 12.6. The van der Waals surface area contributed by atoms with Crippen molar-refractivity contribution in [1.29, 1.82) is 0 Å². The Balaban J connectivity index is 1.35. The average Bonchev–Trinajstić information content (AvgIpc) is 3.18. The first-order chi connectivity index (χ1) is 20.8. The summed E-state index contributed by atoms with van der Waals surface area (Å²) in [5.74, 6) is -2.09. The minimum atomic E-state index is -1.33. The first-order valence-electron chi connectivity index (χ1n) is 14.5. The second-order valence-electron chi connectivity index (χ2n) is 12.6. The van der Waals surface area contributed by atoms with Crippen molar-refractivity contribution < 1.29 is 43.0 Å². The van der Waals surface area contributed by atoms with Crippen LogP contribution in [0, 0.1) is 0 Å². The van der Waals surface area contributed by atoms with Crippen molar-refractivity contribution in [1.82, 2.24) is 20.4 Å². The Bertz CT molecular complexity index is 1430. The molecule has 13 nitrogen and oxygen atoms in total. The third-order valence-corrected chi connectivity index (χ3v) is 7.70. The summed E-state index contributed by atoms with van der Waals surface area (Å²) in [5, 5.41) is 6.03. The number of nitrogens with zero attached hydrogens (tertiary/aromatic N) is 3. The SMILES string of the molecule is CC(C)(C)OC(=O)N1[C@H]2ON(C(=O)OCc3ccccc3)[C@@H]([C@@H]3OC(C)(C)O[C@@H]32)[C@@H]2[C@@H](NC(=O)Cc3ccccc3)C(=O)N21. The molecule has 6 atom stereocenters. The van der Waals surface area contributed by atoms with Gasteiger partial charge in [-0.05, 0) is 45.7 Å². The molecular formula is C31H36N4O9. The fourth-order valence-electron chi connectivity index (χ4n) is 6.01. The molecule has 0 spiro atoms. The zero-order chi connectivity index (χ0) is 31.4. The van der Waals surface area contributed by atoms with E-state index in [1.165, 1.54) is 5.01 Å². The highest BCUT2D eigenvalue weighted by Gasteiger charge is 2.72. The van der Waals surface area contributed by atoms with Gasteiger partial charge in [0.1, 0.15) is 42.5 Å². The molecule has 13 heteroatoms. The third kappa shape index (κ3) is 5.58. The Labute approximate surface area is 254 Å². The van der Waals surface area contributed by atoms with Gasteiger partial charge >= 0.3 is 12.2 Å². The first kappa shape index (κ1) is 29.9. The summed E-state index contributed by atoms with van der Waals surface area (Å²) in [4.78, 5) is 60.4. The quantitative estimate of drug-likeness (QED) is 0.508. The van der Waals surface area contributed by atoms with Gasteiger partial charge in [-0.2, -0.15) is 10.1 Å². The van der Waals surface area contributed by atoms with Crippen molar-refractivity contribution in [3.8, 4) is 0 Å². The number of nitrogens with one attached hydrogen (secondary N) is 1. The zero-order valence-corrected chi connectivity index (χ0v) is 25.2. The highest BCUT2D eigenvalue weighted by Crippen LogP contribution is 2.48. The lowest BCUT2D eigenvalue weighted by Gasteiger charge is -2.51. The largest absolute Gasteiger partial charge is 0.443 e. The van der Waals surface area contributed by atoms with Gasteiger partial charge in [0.05, 0.1) is 6.42 Å². The van der Waals surface area contributed by atoms with Crippen LogP contribution in [-0.4, -0.2) is 87.0 Å². The van der Waals surface area contributed by atoms with E-state index in [1.807, 2.05) is 48.5 Å². The molecule has 7 rings (SSSR count). The van der Waals surface area contributed by atoms with E-state index >= 15 is 0 Å². The van der Waals surface area contributed by atoms with Gasteiger partial charge in [-0.3, -0.25) is 9.59 Å². The molecule has 0 aliphatic carbocycles. The topological polar surface area (TPSA) is 136 Å². The van der Waals surface area contributed by atoms with Crippen molar-refractivity contribution in [2.75, 3.05) is 0 Å². The summed E-state index contributed by atoms with van der Waals surface area (Å²) < 4.78 is 23.8. The van der Waals surface area contributed by atoms with E-state index in [-0.39, 0.29) is 13.0 Å². The van der Waals surface area contributed by atoms with Gasteiger partial charge in [0, 0.05) is 0 Å². The van der Waals surface area contributed by atoms with E-state index in [0.717, 1.165) is 21.2 Å². The smallest absolute Gasteiger partial charge is 0.434 e. The van der Waals surface area contributed by atoms with E-state index in [4.69, 9.17) is 23.8 Å². The lowest BCUT2D eigenvalue weighted by molar-refractivity contribution is -0.290. The third-order valence-electron chi connectivity index (χ3n) is 7.70. The number of carbonyl (C=O) groups is 4. The highest BCUT2D eigenvalue weighted by molar-refractivity contribution is 5.95. The number of ether oxygens (including phenoxy) is 4. The number of benzene rings is 2. The lowest BCUT2D eigenvalue weighted by atomic mass is 9.85. The molecule has 0 saturated carbocycles. The molecule has 2 bridgehead atoms. The van der Waals surface area contributed by atoms with E-state index in [0.29, 0.717) is 0 Å². The molecule has 5 aliphatic rings. The highest BCUT2D eigenvalue weighted by atomic mass is 16.8. The fourth-order valence-corrected chi connectivity index (χ4v) is 6.01. The minimum Gasteiger partial charge on any atom is -0.443 e. The molecule has 44 heavy (non-hydrogen) atoms. The molecule has 2 aromatic rings. The number of amides is 4. The van der Waals surface area contributed by atoms with Crippen LogP contribution in [0.2, 0.25) is 0 Å². The summed E-state index contributed by atoms with van der Waals surface area (Å²) in [5.41, 5.74) is 0.588. The van der Waals surface area contributed by atoms with Crippen LogP contribution in [0.5, 0.6) is 0 Å². The normalized spacial score (nSPS) is 28.4. The maximum absolute atomic E-state index is 13.8. The van der Waals surface area contributed by atoms with Crippen LogP contribution < -0.4 is 5.32 Å². The zero-order valence-electron chi connectivity index (χ0n) is 25.2. The van der Waals surface area contributed by atoms with Gasteiger partial charge in [-0.15, -0.1) is 0 Å². The van der Waals surface area contributed by atoms with Crippen molar-refractivity contribution in [3.05, 3.63) is 71.8 Å². The molecule has 5 fully saturated rings. The number of carbonyl (C=O) groups excluding carboxylic acids is 4. The molecule has 4 amide bonds. The lowest BCUT2D eigenvalue weighted by Crippen LogP contribution is -2.79. The van der Waals surface area contributed by atoms with Crippen LogP contribution in [-0.2, 0) is 46.4 Å². The maximum Gasteiger partial charge on any atom is 0.434 e. The standard InChI is InChI=1S/C31H36N4O9/c1-30(2,3)43-28(38)34-27-25-24(41-31(4,5)42-25)23(35(44-27)29(39)40-17-19-14-10-7-11-15-19)22-21(26(37)33(22)34)32-20(36)16-18-12-8-6-9-13-18/h6-15,21-25,27H,16-17H2,1-5H3,(H,32,36)/t21-,22+,23-,24+,25+,27+/m1/s1. The van der Waals surface area contributed by atoms with Gasteiger partial charge in [-0.1, -0.05) is 60.7 Å². The van der Waals surface area contributed by atoms with Crippen LogP contribution >= 0.6 is 0 Å². The van der Waals surface area contributed by atoms with E-state index < -0.39 is 72.0 Å². The van der Waals surface area contributed by atoms with Crippen molar-refractivity contribution >= 4 is 24.0 Å². The summed E-state index contributed by atoms with van der Waals surface area (Å²) >= 11 is 0. The Morgan fingerprint density at radius 3 is 2.14 bits per heavy atom. The number of hydrogen-bond donors (Lipinski definition) is 1. The fraction of sp³-hybridized carbons (Fsp3) is 0.484. The van der Waals surface area contributed by atoms with Gasteiger partial charge in [-0.25, -0.2) is 19.4 Å². The number of fused-ring (bicyclic) bond motifs is 1. The summed E-state index contributed by atoms with van der Waals surface area (Å²) in [6.07, 6.45) is -4.79. The number of β-lactam (4-membered cyclic amide) rings is 1. The Kier molecular flexibility index (Phi) is 7.50. The van der Waals surface area contributed by atoms with Crippen LogP contribution in [0.3, 0.4) is 0 Å². The first-order valence-corrected chi connectivity index (χ1v) is 14.5. The number of hydrogen-bond acceptors (Lipinski definition) is 9. The molecule has 0 unspecified atom stereocenters. The number of hydroxylamine groups is 2. The van der Waals surface area contributed by atoms with Gasteiger partial charge in [0.15, 0.2) is 5.79 Å². The average molecular weight is 609 g/mol. The monoisotopic (exact) mass is 608 g/mol.